The van der Waals surface area contributed by atoms with Crippen molar-refractivity contribution in [2.24, 2.45) is 23.5 Å². The number of hydrogen-bond donors (Lipinski definition) is 1. The van der Waals surface area contributed by atoms with Gasteiger partial charge in [0.2, 0.25) is 0 Å². The molecule has 4 heteroatoms. The van der Waals surface area contributed by atoms with Crippen LogP contribution in [0.2, 0.25) is 0 Å². The number of ether oxygens (including phenoxy) is 1. The van der Waals surface area contributed by atoms with Crippen molar-refractivity contribution in [1.29, 1.82) is 0 Å². The van der Waals surface area contributed by atoms with Gasteiger partial charge in [-0.05, 0) is 51.5 Å². The van der Waals surface area contributed by atoms with Crippen molar-refractivity contribution in [2.75, 3.05) is 19.6 Å². The molecule has 2 atom stereocenters. The summed E-state index contributed by atoms with van der Waals surface area (Å²) in [5.41, 5.74) is 5.40. The van der Waals surface area contributed by atoms with Crippen molar-refractivity contribution in [3.63, 3.8) is 0 Å². The van der Waals surface area contributed by atoms with Crippen LogP contribution in [0.5, 0.6) is 0 Å². The van der Waals surface area contributed by atoms with E-state index in [1.165, 1.54) is 0 Å². The molecule has 0 radical (unpaired) electrons. The minimum absolute atomic E-state index is 0.191. The lowest BCUT2D eigenvalue weighted by Gasteiger charge is -2.40. The van der Waals surface area contributed by atoms with Crippen molar-refractivity contribution in [3.05, 3.63) is 0 Å². The van der Waals surface area contributed by atoms with E-state index in [0.717, 1.165) is 19.5 Å². The van der Waals surface area contributed by atoms with Gasteiger partial charge in [-0.2, -0.15) is 0 Å². The Bertz CT molecular complexity index is 284. The fraction of sp³-hybridized carbons (Fsp3) is 0.929. The second-order valence-electron chi connectivity index (χ2n) is 6.62. The van der Waals surface area contributed by atoms with E-state index in [4.69, 9.17) is 10.5 Å². The van der Waals surface area contributed by atoms with Crippen molar-refractivity contribution in [2.45, 2.75) is 46.6 Å². The standard InChI is InChI=1S/C14H28N2O2/c1-10(2)12-9-16(7-6-11(12)8-15)13(17)18-14(3,4)5/h10-12H,6-9,15H2,1-5H3/t11-,12-/m1/s1. The molecule has 2 N–H and O–H groups in total. The van der Waals surface area contributed by atoms with Crippen molar-refractivity contribution in [1.82, 2.24) is 4.90 Å². The molecule has 0 aromatic carbocycles. The molecule has 1 aliphatic heterocycles. The fourth-order valence-corrected chi connectivity index (χ4v) is 2.57. The van der Waals surface area contributed by atoms with Crippen LogP contribution < -0.4 is 5.73 Å². The van der Waals surface area contributed by atoms with Gasteiger partial charge in [-0.1, -0.05) is 13.8 Å². The molecule has 106 valence electrons. The molecule has 0 spiro atoms. The lowest BCUT2D eigenvalue weighted by Crippen LogP contribution is -2.48. The van der Waals surface area contributed by atoms with Gasteiger partial charge in [-0.15, -0.1) is 0 Å². The van der Waals surface area contributed by atoms with Crippen LogP contribution in [0.3, 0.4) is 0 Å². The lowest BCUT2D eigenvalue weighted by molar-refractivity contribution is 0.00633. The van der Waals surface area contributed by atoms with Gasteiger partial charge in [-0.3, -0.25) is 0 Å². The summed E-state index contributed by atoms with van der Waals surface area (Å²) in [6.45, 7) is 12.4. The highest BCUT2D eigenvalue weighted by Gasteiger charge is 2.34. The molecule has 1 fully saturated rings. The highest BCUT2D eigenvalue weighted by atomic mass is 16.6. The number of carbonyl (C=O) groups is 1. The third-order valence-corrected chi connectivity index (χ3v) is 3.62. The normalized spacial score (nSPS) is 25.4. The van der Waals surface area contributed by atoms with Crippen LogP contribution in [-0.4, -0.2) is 36.2 Å². The van der Waals surface area contributed by atoms with Crippen LogP contribution in [-0.2, 0) is 4.74 Å². The molecule has 0 aliphatic carbocycles. The van der Waals surface area contributed by atoms with Crippen LogP contribution in [0, 0.1) is 17.8 Å². The summed E-state index contributed by atoms with van der Waals surface area (Å²) in [5.74, 6) is 1.56. The average Bonchev–Trinajstić information content (AvgIpc) is 2.25. The SMILES string of the molecule is CC(C)[C@H]1CN(C(=O)OC(C)(C)C)CC[C@@H]1CN. The summed E-state index contributed by atoms with van der Waals surface area (Å²) in [6, 6.07) is 0. The quantitative estimate of drug-likeness (QED) is 0.825. The van der Waals surface area contributed by atoms with Crippen molar-refractivity contribution >= 4 is 6.09 Å². The van der Waals surface area contributed by atoms with E-state index >= 15 is 0 Å². The zero-order valence-corrected chi connectivity index (χ0v) is 12.4. The Kier molecular flexibility index (Phi) is 5.02. The number of carbonyl (C=O) groups excluding carboxylic acids is 1. The summed E-state index contributed by atoms with van der Waals surface area (Å²) >= 11 is 0. The molecule has 1 saturated heterocycles. The number of hydrogen-bond acceptors (Lipinski definition) is 3. The van der Waals surface area contributed by atoms with Crippen LogP contribution in [0.25, 0.3) is 0 Å². The molecule has 0 unspecified atom stereocenters. The Morgan fingerprint density at radius 2 is 2.06 bits per heavy atom. The third kappa shape index (κ3) is 4.16. The monoisotopic (exact) mass is 256 g/mol. The van der Waals surface area contributed by atoms with Crippen LogP contribution >= 0.6 is 0 Å². The highest BCUT2D eigenvalue weighted by Crippen LogP contribution is 2.29. The minimum Gasteiger partial charge on any atom is -0.444 e. The predicted octanol–water partition coefficient (Wildman–Crippen LogP) is 2.47. The second kappa shape index (κ2) is 5.91. The molecule has 1 heterocycles. The minimum atomic E-state index is -0.422. The average molecular weight is 256 g/mol. The second-order valence-corrected chi connectivity index (χ2v) is 6.62. The van der Waals surface area contributed by atoms with Crippen molar-refractivity contribution < 1.29 is 9.53 Å². The summed E-state index contributed by atoms with van der Waals surface area (Å²) in [6.07, 6.45) is 0.794. The molecular formula is C14H28N2O2. The molecule has 1 rings (SSSR count). The largest absolute Gasteiger partial charge is 0.444 e. The van der Waals surface area contributed by atoms with E-state index in [0.29, 0.717) is 24.3 Å². The van der Waals surface area contributed by atoms with Gasteiger partial charge in [0.1, 0.15) is 5.60 Å². The zero-order chi connectivity index (χ0) is 13.9. The molecule has 4 nitrogen and oxygen atoms in total. The molecule has 1 aliphatic rings. The maximum atomic E-state index is 12.0. The van der Waals surface area contributed by atoms with Gasteiger partial charge < -0.3 is 15.4 Å². The van der Waals surface area contributed by atoms with E-state index in [1.807, 2.05) is 25.7 Å². The maximum Gasteiger partial charge on any atom is 0.410 e. The molecule has 0 bridgehead atoms. The van der Waals surface area contributed by atoms with Gasteiger partial charge in [0.05, 0.1) is 0 Å². The van der Waals surface area contributed by atoms with Gasteiger partial charge in [0.15, 0.2) is 0 Å². The summed E-state index contributed by atoms with van der Waals surface area (Å²) in [4.78, 5) is 13.9. The summed E-state index contributed by atoms with van der Waals surface area (Å²) in [7, 11) is 0. The van der Waals surface area contributed by atoms with Crippen molar-refractivity contribution in [3.8, 4) is 0 Å². The smallest absolute Gasteiger partial charge is 0.410 e. The summed E-state index contributed by atoms with van der Waals surface area (Å²) in [5, 5.41) is 0. The van der Waals surface area contributed by atoms with E-state index in [1.54, 1.807) is 0 Å². The molecule has 0 aromatic rings. The van der Waals surface area contributed by atoms with Gasteiger partial charge >= 0.3 is 6.09 Å². The topological polar surface area (TPSA) is 55.6 Å². The van der Waals surface area contributed by atoms with E-state index in [-0.39, 0.29) is 6.09 Å². The number of piperidine rings is 1. The van der Waals surface area contributed by atoms with Gasteiger partial charge in [-0.25, -0.2) is 4.79 Å². The Balaban J connectivity index is 2.63. The first-order chi connectivity index (χ1) is 8.24. The molecular weight excluding hydrogens is 228 g/mol. The maximum absolute atomic E-state index is 12.0. The lowest BCUT2D eigenvalue weighted by atomic mass is 9.78. The Labute approximate surface area is 111 Å². The molecule has 0 saturated carbocycles. The van der Waals surface area contributed by atoms with Gasteiger partial charge in [0, 0.05) is 13.1 Å². The Hall–Kier alpha value is -0.770. The summed E-state index contributed by atoms with van der Waals surface area (Å²) < 4.78 is 5.43. The van der Waals surface area contributed by atoms with E-state index in [9.17, 15) is 4.79 Å². The molecule has 1 amide bonds. The predicted molar refractivity (Wildman–Crippen MR) is 73.3 cm³/mol. The van der Waals surface area contributed by atoms with Crippen LogP contribution in [0.4, 0.5) is 4.79 Å². The van der Waals surface area contributed by atoms with Gasteiger partial charge in [0.25, 0.3) is 0 Å². The number of nitrogens with zero attached hydrogens (tertiary/aromatic N) is 1. The number of amides is 1. The Morgan fingerprint density at radius 1 is 1.44 bits per heavy atom. The third-order valence-electron chi connectivity index (χ3n) is 3.62. The number of nitrogens with two attached hydrogens (primary N) is 1. The zero-order valence-electron chi connectivity index (χ0n) is 12.4. The van der Waals surface area contributed by atoms with E-state index < -0.39 is 5.60 Å². The number of likely N-dealkylation sites (tertiary alicyclic amines) is 1. The fourth-order valence-electron chi connectivity index (χ4n) is 2.57. The van der Waals surface area contributed by atoms with Crippen LogP contribution in [0.1, 0.15) is 41.0 Å². The first-order valence-corrected chi connectivity index (χ1v) is 6.92. The number of rotatable bonds is 2. The highest BCUT2D eigenvalue weighted by molar-refractivity contribution is 5.68. The first kappa shape index (κ1) is 15.3. The van der Waals surface area contributed by atoms with E-state index in [2.05, 4.69) is 13.8 Å². The molecule has 18 heavy (non-hydrogen) atoms. The molecule has 0 aromatic heterocycles. The first-order valence-electron chi connectivity index (χ1n) is 6.92. The van der Waals surface area contributed by atoms with Crippen LogP contribution in [0.15, 0.2) is 0 Å². The Morgan fingerprint density at radius 3 is 2.50 bits per heavy atom.